The third-order valence-corrected chi connectivity index (χ3v) is 7.31. The van der Waals surface area contributed by atoms with Crippen LogP contribution in [0.4, 0.5) is 4.39 Å². The van der Waals surface area contributed by atoms with Crippen LogP contribution in [-0.4, -0.2) is 14.9 Å². The fraction of sp³-hybridized carbons (Fsp3) is 0.370. The number of benzene rings is 2. The summed E-state index contributed by atoms with van der Waals surface area (Å²) in [6.07, 6.45) is 7.72. The molecule has 3 atom stereocenters. The first-order chi connectivity index (χ1) is 14.8. The number of hydrogen-bond donors (Lipinski definition) is 1. The second-order valence-corrected chi connectivity index (χ2v) is 9.57. The Morgan fingerprint density at radius 2 is 1.84 bits per heavy atom. The van der Waals surface area contributed by atoms with E-state index < -0.39 is 6.10 Å². The molecule has 1 saturated carbocycles. The lowest BCUT2D eigenvalue weighted by Gasteiger charge is -2.47. The summed E-state index contributed by atoms with van der Waals surface area (Å²) in [5.41, 5.74) is 7.84. The van der Waals surface area contributed by atoms with E-state index in [0.717, 1.165) is 42.6 Å². The zero-order valence-electron chi connectivity index (χ0n) is 18.4. The number of aliphatic hydroxyl groups is 1. The minimum Gasteiger partial charge on any atom is -0.388 e. The summed E-state index contributed by atoms with van der Waals surface area (Å²) in [6, 6.07) is 12.9. The van der Waals surface area contributed by atoms with Crippen LogP contribution in [0.25, 0.3) is 11.8 Å². The smallest absolute Gasteiger partial charge is 0.123 e. The number of aromatic nitrogens is 2. The summed E-state index contributed by atoms with van der Waals surface area (Å²) in [7, 11) is 0. The highest BCUT2D eigenvalue weighted by Crippen LogP contribution is 2.54. The summed E-state index contributed by atoms with van der Waals surface area (Å²) in [6.45, 7) is 6.49. The fourth-order valence-electron chi connectivity index (χ4n) is 5.79. The van der Waals surface area contributed by atoms with Crippen molar-refractivity contribution in [2.24, 2.45) is 11.3 Å². The third kappa shape index (κ3) is 3.43. The van der Waals surface area contributed by atoms with E-state index >= 15 is 0 Å². The molecule has 0 radical (unpaired) electrons. The molecule has 160 valence electrons. The van der Waals surface area contributed by atoms with Crippen molar-refractivity contribution in [1.29, 1.82) is 0 Å². The standard InChI is InChI=1S/C27H29FN2O/c1-17-11-18(2)13-19(12-17)26(31)24-6-4-5-21-14-25-20(15-27(21,24)3)16-29-30(25)23-9-7-22(28)8-10-23/h7-14,16,24,26,31H,4-6,15H2,1-3H3/t24-,26+,27?/m1/s1. The molecule has 2 aliphatic rings. The van der Waals surface area contributed by atoms with Crippen LogP contribution in [0.3, 0.4) is 0 Å². The van der Waals surface area contributed by atoms with Gasteiger partial charge in [0, 0.05) is 0 Å². The van der Waals surface area contributed by atoms with Gasteiger partial charge < -0.3 is 5.11 Å². The van der Waals surface area contributed by atoms with Crippen LogP contribution in [0.5, 0.6) is 0 Å². The molecule has 1 unspecified atom stereocenters. The summed E-state index contributed by atoms with van der Waals surface area (Å²) >= 11 is 0. The van der Waals surface area contributed by atoms with Crippen molar-refractivity contribution in [2.45, 2.75) is 52.6 Å². The zero-order chi connectivity index (χ0) is 21.8. The van der Waals surface area contributed by atoms with E-state index in [-0.39, 0.29) is 17.2 Å². The molecular weight excluding hydrogens is 387 g/mol. The van der Waals surface area contributed by atoms with Crippen LogP contribution in [0.1, 0.15) is 60.2 Å². The molecule has 2 aromatic carbocycles. The Morgan fingerprint density at radius 1 is 1.13 bits per heavy atom. The number of halogens is 1. The molecule has 4 heteroatoms. The molecule has 1 aromatic heterocycles. The van der Waals surface area contributed by atoms with Gasteiger partial charge in [0.15, 0.2) is 0 Å². The van der Waals surface area contributed by atoms with Crippen molar-refractivity contribution >= 4 is 6.08 Å². The molecule has 1 heterocycles. The first-order valence-corrected chi connectivity index (χ1v) is 11.2. The second kappa shape index (κ2) is 7.45. The summed E-state index contributed by atoms with van der Waals surface area (Å²) in [4.78, 5) is 0. The zero-order valence-corrected chi connectivity index (χ0v) is 18.4. The number of rotatable bonds is 3. The van der Waals surface area contributed by atoms with Gasteiger partial charge in [-0.15, -0.1) is 0 Å². The number of aryl methyl sites for hydroxylation is 2. The van der Waals surface area contributed by atoms with Crippen LogP contribution in [0.2, 0.25) is 0 Å². The van der Waals surface area contributed by atoms with Crippen molar-refractivity contribution in [3.63, 3.8) is 0 Å². The molecule has 0 bridgehead atoms. The molecule has 0 spiro atoms. The second-order valence-electron chi connectivity index (χ2n) is 9.57. The lowest BCUT2D eigenvalue weighted by atomic mass is 9.57. The molecule has 3 nitrogen and oxygen atoms in total. The predicted octanol–water partition coefficient (Wildman–Crippen LogP) is 6.11. The van der Waals surface area contributed by atoms with Crippen molar-refractivity contribution in [1.82, 2.24) is 9.78 Å². The van der Waals surface area contributed by atoms with Gasteiger partial charge in [0.25, 0.3) is 0 Å². The summed E-state index contributed by atoms with van der Waals surface area (Å²) < 4.78 is 15.3. The molecule has 1 fully saturated rings. The van der Waals surface area contributed by atoms with Gasteiger partial charge in [-0.25, -0.2) is 9.07 Å². The number of allylic oxidation sites excluding steroid dienone is 1. The number of fused-ring (bicyclic) bond motifs is 2. The highest BCUT2D eigenvalue weighted by molar-refractivity contribution is 5.61. The third-order valence-electron chi connectivity index (χ3n) is 7.31. The van der Waals surface area contributed by atoms with Crippen molar-refractivity contribution in [2.75, 3.05) is 0 Å². The largest absolute Gasteiger partial charge is 0.388 e. The summed E-state index contributed by atoms with van der Waals surface area (Å²) in [5.74, 6) is -0.0813. The Labute approximate surface area is 183 Å². The van der Waals surface area contributed by atoms with Crippen molar-refractivity contribution in [3.8, 4) is 5.69 Å². The van der Waals surface area contributed by atoms with Crippen LogP contribution in [0.15, 0.2) is 54.2 Å². The van der Waals surface area contributed by atoms with Crippen molar-refractivity contribution in [3.05, 3.63) is 88.0 Å². The predicted molar refractivity (Wildman–Crippen MR) is 122 cm³/mol. The molecule has 0 aliphatic heterocycles. The maximum Gasteiger partial charge on any atom is 0.123 e. The van der Waals surface area contributed by atoms with Gasteiger partial charge in [-0.3, -0.25) is 0 Å². The lowest BCUT2D eigenvalue weighted by Crippen LogP contribution is -2.40. The molecule has 5 rings (SSSR count). The highest BCUT2D eigenvalue weighted by atomic mass is 19.1. The quantitative estimate of drug-likeness (QED) is 0.560. The maximum atomic E-state index is 13.4. The Kier molecular flexibility index (Phi) is 4.86. The van der Waals surface area contributed by atoms with Gasteiger partial charge in [0.1, 0.15) is 5.82 Å². The number of nitrogens with zero attached hydrogens (tertiary/aromatic N) is 2. The van der Waals surface area contributed by atoms with Crippen LogP contribution < -0.4 is 0 Å². The Balaban J connectivity index is 1.52. The van der Waals surface area contributed by atoms with E-state index in [1.165, 1.54) is 34.4 Å². The normalized spacial score (nSPS) is 23.6. The molecule has 3 aromatic rings. The van der Waals surface area contributed by atoms with Gasteiger partial charge in [0.05, 0.1) is 23.7 Å². The van der Waals surface area contributed by atoms with E-state index in [4.69, 9.17) is 0 Å². The monoisotopic (exact) mass is 416 g/mol. The maximum absolute atomic E-state index is 13.4. The minimum absolute atomic E-state index is 0.0982. The number of hydrogen-bond acceptors (Lipinski definition) is 2. The van der Waals surface area contributed by atoms with E-state index in [9.17, 15) is 9.50 Å². The molecule has 1 N–H and O–H groups in total. The molecular formula is C27H29FN2O. The van der Waals surface area contributed by atoms with E-state index in [2.05, 4.69) is 50.1 Å². The van der Waals surface area contributed by atoms with Crippen LogP contribution >= 0.6 is 0 Å². The molecule has 31 heavy (non-hydrogen) atoms. The highest BCUT2D eigenvalue weighted by Gasteiger charge is 2.46. The van der Waals surface area contributed by atoms with E-state index in [1.54, 1.807) is 12.1 Å². The van der Waals surface area contributed by atoms with E-state index in [0.29, 0.717) is 0 Å². The van der Waals surface area contributed by atoms with Gasteiger partial charge in [-0.2, -0.15) is 5.10 Å². The van der Waals surface area contributed by atoms with Gasteiger partial charge >= 0.3 is 0 Å². The first-order valence-electron chi connectivity index (χ1n) is 11.2. The topological polar surface area (TPSA) is 38.1 Å². The van der Waals surface area contributed by atoms with Crippen molar-refractivity contribution < 1.29 is 9.50 Å². The van der Waals surface area contributed by atoms with Gasteiger partial charge in [-0.05, 0) is 92.3 Å². The summed E-state index contributed by atoms with van der Waals surface area (Å²) in [5, 5.41) is 16.1. The lowest BCUT2D eigenvalue weighted by molar-refractivity contribution is 0.0216. The van der Waals surface area contributed by atoms with Crippen LogP contribution in [-0.2, 0) is 6.42 Å². The first kappa shape index (κ1) is 20.2. The molecule has 2 aliphatic carbocycles. The van der Waals surface area contributed by atoms with Crippen LogP contribution in [0, 0.1) is 31.0 Å². The fourth-order valence-corrected chi connectivity index (χ4v) is 5.79. The average molecular weight is 417 g/mol. The van der Waals surface area contributed by atoms with Gasteiger partial charge in [-0.1, -0.05) is 41.8 Å². The van der Waals surface area contributed by atoms with E-state index in [1.807, 2.05) is 10.9 Å². The SMILES string of the molecule is Cc1cc(C)cc([C@H](O)[C@H]2CCCC3=Cc4c(cnn4-c4ccc(F)cc4)CC32C)c1. The number of aliphatic hydroxyl groups excluding tert-OH is 1. The minimum atomic E-state index is -0.485. The molecule has 0 saturated heterocycles. The molecule has 0 amide bonds. The Morgan fingerprint density at radius 3 is 2.55 bits per heavy atom. The average Bonchev–Trinajstić information content (AvgIpc) is 3.12. The Hall–Kier alpha value is -2.72. The Bertz CT molecular complexity index is 1140. The van der Waals surface area contributed by atoms with Gasteiger partial charge in [0.2, 0.25) is 0 Å².